The van der Waals surface area contributed by atoms with E-state index in [-0.39, 0.29) is 5.60 Å². The van der Waals surface area contributed by atoms with Crippen molar-refractivity contribution in [1.82, 2.24) is 0 Å². The van der Waals surface area contributed by atoms with E-state index in [0.717, 1.165) is 22.9 Å². The minimum Gasteiger partial charge on any atom is -0.370 e. The van der Waals surface area contributed by atoms with Crippen LogP contribution in [-0.4, -0.2) is 10.0 Å². The van der Waals surface area contributed by atoms with Gasteiger partial charge in [-0.05, 0) is 43.1 Å². The molecule has 0 aromatic heterocycles. The van der Waals surface area contributed by atoms with Crippen molar-refractivity contribution in [1.29, 1.82) is 0 Å². The predicted octanol–water partition coefficient (Wildman–Crippen LogP) is 5.22. The first-order valence-corrected chi connectivity index (χ1v) is 8.92. The lowest BCUT2D eigenvalue weighted by molar-refractivity contribution is -0.0720. The Bertz CT molecular complexity index is 366. The van der Waals surface area contributed by atoms with E-state index in [1.54, 1.807) is 0 Å². The predicted molar refractivity (Wildman–Crippen MR) is 89.6 cm³/mol. The molecule has 0 atom stereocenters. The molecule has 19 heavy (non-hydrogen) atoms. The highest BCUT2D eigenvalue weighted by molar-refractivity contribution is 14.1. The molecule has 106 valence electrons. The molecule has 1 fully saturated rings. The highest BCUT2D eigenvalue weighted by Gasteiger charge is 2.36. The van der Waals surface area contributed by atoms with Crippen molar-refractivity contribution in [3.05, 3.63) is 35.9 Å². The van der Waals surface area contributed by atoms with E-state index in [0.29, 0.717) is 0 Å². The van der Waals surface area contributed by atoms with Gasteiger partial charge in [0.15, 0.2) is 0 Å². The lowest BCUT2D eigenvalue weighted by Gasteiger charge is -2.40. The van der Waals surface area contributed by atoms with Crippen LogP contribution in [0, 0.1) is 11.8 Å². The number of ether oxygens (including phenoxy) is 1. The van der Waals surface area contributed by atoms with E-state index in [2.05, 4.69) is 66.8 Å². The van der Waals surface area contributed by atoms with Crippen molar-refractivity contribution in [3.8, 4) is 0 Å². The summed E-state index contributed by atoms with van der Waals surface area (Å²) in [7, 11) is 0. The Morgan fingerprint density at radius 2 is 1.84 bits per heavy atom. The highest BCUT2D eigenvalue weighted by atomic mass is 127. The third kappa shape index (κ3) is 4.19. The second-order valence-electron chi connectivity index (χ2n) is 6.17. The lowest BCUT2D eigenvalue weighted by Crippen LogP contribution is -2.39. The average molecular weight is 372 g/mol. The Morgan fingerprint density at radius 3 is 2.37 bits per heavy atom. The molecule has 0 aliphatic heterocycles. The zero-order valence-electron chi connectivity index (χ0n) is 12.1. The normalized spacial score (nSPS) is 27.7. The van der Waals surface area contributed by atoms with Gasteiger partial charge in [-0.15, -0.1) is 0 Å². The van der Waals surface area contributed by atoms with Gasteiger partial charge in [-0.2, -0.15) is 0 Å². The molecule has 1 aliphatic carbocycles. The summed E-state index contributed by atoms with van der Waals surface area (Å²) in [6, 6.07) is 10.5. The quantitative estimate of drug-likeness (QED) is 0.509. The van der Waals surface area contributed by atoms with Crippen LogP contribution in [0.5, 0.6) is 0 Å². The summed E-state index contributed by atoms with van der Waals surface area (Å²) in [6.07, 6.45) is 5.11. The van der Waals surface area contributed by atoms with Crippen molar-refractivity contribution in [3.63, 3.8) is 0 Å². The van der Waals surface area contributed by atoms with Crippen LogP contribution in [0.15, 0.2) is 30.3 Å². The molecule has 0 heterocycles. The second-order valence-corrected chi connectivity index (χ2v) is 6.94. The van der Waals surface area contributed by atoms with Gasteiger partial charge in [0.05, 0.1) is 12.2 Å². The minimum absolute atomic E-state index is 0.127. The molecular formula is C17H25IO. The number of rotatable bonds is 5. The van der Waals surface area contributed by atoms with Crippen LogP contribution in [0.25, 0.3) is 0 Å². The van der Waals surface area contributed by atoms with Crippen molar-refractivity contribution in [2.75, 3.05) is 4.43 Å². The standard InChI is InChI=1S/C17H25IO/c1-14(2)16-8-10-17(13-18,11-9-16)19-12-15-6-4-3-5-7-15/h3-7,14,16H,8-13H2,1-2H3. The summed E-state index contributed by atoms with van der Waals surface area (Å²) in [5, 5.41) is 0. The van der Waals surface area contributed by atoms with E-state index in [1.165, 1.54) is 31.2 Å². The van der Waals surface area contributed by atoms with Gasteiger partial charge in [0.25, 0.3) is 0 Å². The van der Waals surface area contributed by atoms with Gasteiger partial charge in [0.1, 0.15) is 0 Å². The van der Waals surface area contributed by atoms with Gasteiger partial charge in [0.2, 0.25) is 0 Å². The van der Waals surface area contributed by atoms with Crippen molar-refractivity contribution < 1.29 is 4.74 Å². The Hall–Kier alpha value is -0.0900. The van der Waals surface area contributed by atoms with Gasteiger partial charge >= 0.3 is 0 Å². The zero-order valence-corrected chi connectivity index (χ0v) is 14.2. The Morgan fingerprint density at radius 1 is 1.21 bits per heavy atom. The van der Waals surface area contributed by atoms with E-state index in [4.69, 9.17) is 4.74 Å². The van der Waals surface area contributed by atoms with Crippen LogP contribution in [0.1, 0.15) is 45.1 Å². The zero-order chi connectivity index (χ0) is 13.7. The van der Waals surface area contributed by atoms with Crippen molar-refractivity contribution in [2.24, 2.45) is 11.8 Å². The molecule has 0 unspecified atom stereocenters. The fourth-order valence-corrected chi connectivity index (χ4v) is 3.94. The Kier molecular flexibility index (Phi) is 5.70. The van der Waals surface area contributed by atoms with Gasteiger partial charge in [0, 0.05) is 4.43 Å². The summed E-state index contributed by atoms with van der Waals surface area (Å²) in [4.78, 5) is 0. The maximum absolute atomic E-state index is 6.33. The Balaban J connectivity index is 1.90. The number of alkyl halides is 1. The van der Waals surface area contributed by atoms with Gasteiger partial charge in [-0.1, -0.05) is 66.8 Å². The third-order valence-corrected chi connectivity index (χ3v) is 5.91. The molecule has 2 rings (SSSR count). The molecule has 0 amide bonds. The molecule has 0 radical (unpaired) electrons. The number of halogens is 1. The number of hydrogen-bond donors (Lipinski definition) is 0. The first-order chi connectivity index (χ1) is 9.15. The fraction of sp³-hybridized carbons (Fsp3) is 0.647. The minimum atomic E-state index is 0.127. The van der Waals surface area contributed by atoms with Crippen LogP contribution in [0.2, 0.25) is 0 Å². The first kappa shape index (κ1) is 15.3. The smallest absolute Gasteiger partial charge is 0.0776 e. The van der Waals surface area contributed by atoms with E-state index >= 15 is 0 Å². The maximum Gasteiger partial charge on any atom is 0.0776 e. The SMILES string of the molecule is CC(C)C1CCC(CI)(OCc2ccccc2)CC1. The molecule has 1 aromatic rings. The van der Waals surface area contributed by atoms with Crippen LogP contribution >= 0.6 is 22.6 Å². The summed E-state index contributed by atoms with van der Waals surface area (Å²) in [5.41, 5.74) is 1.42. The molecule has 1 aromatic carbocycles. The molecular weight excluding hydrogens is 347 g/mol. The monoisotopic (exact) mass is 372 g/mol. The molecule has 0 N–H and O–H groups in total. The van der Waals surface area contributed by atoms with Crippen molar-refractivity contribution in [2.45, 2.75) is 51.7 Å². The van der Waals surface area contributed by atoms with Crippen LogP contribution in [0.4, 0.5) is 0 Å². The van der Waals surface area contributed by atoms with Gasteiger partial charge < -0.3 is 4.74 Å². The molecule has 2 heteroatoms. The average Bonchev–Trinajstić information content (AvgIpc) is 2.46. The van der Waals surface area contributed by atoms with Crippen LogP contribution < -0.4 is 0 Å². The van der Waals surface area contributed by atoms with E-state index < -0.39 is 0 Å². The highest BCUT2D eigenvalue weighted by Crippen LogP contribution is 2.39. The lowest BCUT2D eigenvalue weighted by atomic mass is 9.75. The molecule has 1 nitrogen and oxygen atoms in total. The summed E-state index contributed by atoms with van der Waals surface area (Å²) in [5.74, 6) is 1.72. The molecule has 1 saturated carbocycles. The largest absolute Gasteiger partial charge is 0.370 e. The number of hydrogen-bond acceptors (Lipinski definition) is 1. The molecule has 0 bridgehead atoms. The summed E-state index contributed by atoms with van der Waals surface area (Å²) >= 11 is 2.50. The molecule has 0 saturated heterocycles. The maximum atomic E-state index is 6.33. The van der Waals surface area contributed by atoms with Crippen LogP contribution in [-0.2, 0) is 11.3 Å². The van der Waals surface area contributed by atoms with Gasteiger partial charge in [-0.3, -0.25) is 0 Å². The van der Waals surface area contributed by atoms with Gasteiger partial charge in [-0.25, -0.2) is 0 Å². The molecule has 1 aliphatic rings. The van der Waals surface area contributed by atoms with E-state index in [9.17, 15) is 0 Å². The molecule has 0 spiro atoms. The summed E-state index contributed by atoms with van der Waals surface area (Å²) < 4.78 is 7.44. The summed E-state index contributed by atoms with van der Waals surface area (Å²) in [6.45, 7) is 5.47. The first-order valence-electron chi connectivity index (χ1n) is 7.39. The topological polar surface area (TPSA) is 9.23 Å². The second kappa shape index (κ2) is 7.07. The van der Waals surface area contributed by atoms with Crippen molar-refractivity contribution >= 4 is 22.6 Å². The fourth-order valence-electron chi connectivity index (χ4n) is 2.96. The van der Waals surface area contributed by atoms with E-state index in [1.807, 2.05) is 0 Å². The third-order valence-electron chi connectivity index (χ3n) is 4.52. The Labute approximate surface area is 131 Å². The van der Waals surface area contributed by atoms with Crippen LogP contribution in [0.3, 0.4) is 0 Å². The number of benzene rings is 1.